The van der Waals surface area contributed by atoms with Crippen molar-refractivity contribution < 1.29 is 27.5 Å². The van der Waals surface area contributed by atoms with Crippen LogP contribution in [0.15, 0.2) is 33.1 Å². The maximum atomic E-state index is 13.6. The summed E-state index contributed by atoms with van der Waals surface area (Å²) in [4.78, 5) is 11.9. The van der Waals surface area contributed by atoms with Crippen LogP contribution in [0, 0.1) is 19.7 Å². The van der Waals surface area contributed by atoms with Crippen molar-refractivity contribution in [1.29, 1.82) is 0 Å². The van der Waals surface area contributed by atoms with Crippen molar-refractivity contribution in [3.8, 4) is 17.2 Å². The molecule has 0 saturated heterocycles. The molecule has 0 radical (unpaired) electrons. The van der Waals surface area contributed by atoms with Crippen LogP contribution in [0.4, 0.5) is 4.39 Å². The third-order valence-corrected chi connectivity index (χ3v) is 3.66. The summed E-state index contributed by atoms with van der Waals surface area (Å²) in [6, 6.07) is 6.07. The summed E-state index contributed by atoms with van der Waals surface area (Å²) in [7, 11) is 1.37. The monoisotopic (exact) mass is 360 g/mol. The Morgan fingerprint density at radius 3 is 2.65 bits per heavy atom. The second kappa shape index (κ2) is 7.38. The zero-order chi connectivity index (χ0) is 18.7. The summed E-state index contributed by atoms with van der Waals surface area (Å²) in [6.45, 7) is 3.44. The van der Waals surface area contributed by atoms with Gasteiger partial charge in [0.25, 0.3) is 11.8 Å². The molecule has 1 aromatic carbocycles. The lowest BCUT2D eigenvalue weighted by Crippen LogP contribution is -2.08. The lowest BCUT2D eigenvalue weighted by atomic mass is 10.1. The van der Waals surface area contributed by atoms with Crippen LogP contribution in [0.25, 0.3) is 11.5 Å². The minimum absolute atomic E-state index is 0.0814. The third kappa shape index (κ3) is 3.90. The van der Waals surface area contributed by atoms with Gasteiger partial charge in [0.15, 0.2) is 18.2 Å². The number of rotatable bonds is 6. The molecule has 0 aliphatic carbocycles. The Balaban J connectivity index is 1.58. The van der Waals surface area contributed by atoms with E-state index in [1.807, 2.05) is 6.92 Å². The van der Waals surface area contributed by atoms with Gasteiger partial charge >= 0.3 is 5.97 Å². The Morgan fingerprint density at radius 1 is 1.19 bits per heavy atom. The normalized spacial score (nSPS) is 10.8. The van der Waals surface area contributed by atoms with Crippen molar-refractivity contribution in [2.24, 2.45) is 0 Å². The van der Waals surface area contributed by atoms with Crippen LogP contribution in [0.3, 0.4) is 0 Å². The van der Waals surface area contributed by atoms with Gasteiger partial charge in [-0.1, -0.05) is 6.07 Å². The van der Waals surface area contributed by atoms with Gasteiger partial charge in [0.05, 0.1) is 19.1 Å². The van der Waals surface area contributed by atoms with Gasteiger partial charge in [-0.2, -0.15) is 0 Å². The van der Waals surface area contributed by atoms with Crippen LogP contribution in [0.1, 0.15) is 23.0 Å². The molecule has 3 aromatic rings. The average molecular weight is 360 g/mol. The van der Waals surface area contributed by atoms with Gasteiger partial charge in [0, 0.05) is 0 Å². The van der Waals surface area contributed by atoms with Crippen molar-refractivity contribution in [1.82, 2.24) is 10.2 Å². The molecule has 2 aromatic heterocycles. The highest BCUT2D eigenvalue weighted by Crippen LogP contribution is 2.25. The maximum Gasteiger partial charge on any atom is 0.310 e. The molecule has 8 heteroatoms. The minimum atomic E-state index is -0.537. The molecule has 0 spiro atoms. The number of benzene rings is 1. The van der Waals surface area contributed by atoms with E-state index in [0.717, 1.165) is 5.76 Å². The maximum absolute atomic E-state index is 13.6. The number of halogens is 1. The summed E-state index contributed by atoms with van der Waals surface area (Å²) in [5.74, 6) is 0.891. The number of carbonyl (C=O) groups excluding carboxylic acids is 1. The summed E-state index contributed by atoms with van der Waals surface area (Å²) in [5, 5.41) is 7.77. The number of furan rings is 1. The molecule has 2 heterocycles. The molecule has 7 nitrogen and oxygen atoms in total. The van der Waals surface area contributed by atoms with Crippen LogP contribution >= 0.6 is 0 Å². The molecule has 0 aliphatic rings. The van der Waals surface area contributed by atoms with E-state index in [4.69, 9.17) is 18.3 Å². The fourth-order valence-corrected chi connectivity index (χ4v) is 2.44. The topological polar surface area (TPSA) is 87.6 Å². The van der Waals surface area contributed by atoms with Gasteiger partial charge in [-0.05, 0) is 37.6 Å². The van der Waals surface area contributed by atoms with Gasteiger partial charge in [-0.15, -0.1) is 10.2 Å². The molecule has 0 bridgehead atoms. The molecular weight excluding hydrogens is 343 g/mol. The molecule has 136 valence electrons. The highest BCUT2D eigenvalue weighted by Gasteiger charge is 2.16. The number of nitrogens with zero attached hydrogens (tertiary/aromatic N) is 2. The van der Waals surface area contributed by atoms with Crippen LogP contribution in [-0.4, -0.2) is 23.3 Å². The number of carbonyl (C=O) groups is 1. The minimum Gasteiger partial charge on any atom is -0.494 e. The second-order valence-corrected chi connectivity index (χ2v) is 5.63. The first-order chi connectivity index (χ1) is 12.5. The van der Waals surface area contributed by atoms with E-state index < -0.39 is 11.8 Å². The smallest absolute Gasteiger partial charge is 0.310 e. The van der Waals surface area contributed by atoms with Crippen LogP contribution in [-0.2, 0) is 22.6 Å². The third-order valence-electron chi connectivity index (χ3n) is 3.66. The van der Waals surface area contributed by atoms with Crippen molar-refractivity contribution in [2.75, 3.05) is 7.11 Å². The van der Waals surface area contributed by atoms with Crippen molar-refractivity contribution in [3.63, 3.8) is 0 Å². The van der Waals surface area contributed by atoms with E-state index in [1.54, 1.807) is 19.1 Å². The number of ether oxygens (including phenoxy) is 2. The summed E-state index contributed by atoms with van der Waals surface area (Å²) in [6.07, 6.45) is -0.0814. The lowest BCUT2D eigenvalue weighted by molar-refractivity contribution is -0.144. The second-order valence-electron chi connectivity index (χ2n) is 5.63. The average Bonchev–Trinajstić information content (AvgIpc) is 3.19. The van der Waals surface area contributed by atoms with Gasteiger partial charge in [-0.25, -0.2) is 4.39 Å². The first kappa shape index (κ1) is 17.7. The van der Waals surface area contributed by atoms with Crippen molar-refractivity contribution >= 4 is 5.97 Å². The fraction of sp³-hybridized carbons (Fsp3) is 0.278. The largest absolute Gasteiger partial charge is 0.494 e. The predicted molar refractivity (Wildman–Crippen MR) is 87.9 cm³/mol. The van der Waals surface area contributed by atoms with Crippen LogP contribution < -0.4 is 4.74 Å². The molecular formula is C18H17FN2O5. The Morgan fingerprint density at radius 2 is 2.00 bits per heavy atom. The predicted octanol–water partition coefficient (Wildman–Crippen LogP) is 3.38. The Bertz CT molecular complexity index is 932. The molecule has 0 saturated carbocycles. The molecule has 3 rings (SSSR count). The first-order valence-corrected chi connectivity index (χ1v) is 7.84. The number of hydrogen-bond acceptors (Lipinski definition) is 7. The van der Waals surface area contributed by atoms with Crippen molar-refractivity contribution in [3.05, 3.63) is 53.1 Å². The van der Waals surface area contributed by atoms with Crippen LogP contribution in [0.2, 0.25) is 0 Å². The van der Waals surface area contributed by atoms with Crippen LogP contribution in [0.5, 0.6) is 5.75 Å². The highest BCUT2D eigenvalue weighted by atomic mass is 19.1. The molecule has 26 heavy (non-hydrogen) atoms. The molecule has 0 amide bonds. The van der Waals surface area contributed by atoms with Gasteiger partial charge < -0.3 is 18.3 Å². The summed E-state index contributed by atoms with van der Waals surface area (Å²) >= 11 is 0. The van der Waals surface area contributed by atoms with Gasteiger partial charge in [0.2, 0.25) is 0 Å². The zero-order valence-corrected chi connectivity index (χ0v) is 14.5. The molecule has 0 aliphatic heterocycles. The Labute approximate surface area is 148 Å². The van der Waals surface area contributed by atoms with E-state index in [2.05, 4.69) is 10.2 Å². The van der Waals surface area contributed by atoms with Gasteiger partial charge in [0.1, 0.15) is 11.5 Å². The van der Waals surface area contributed by atoms with E-state index in [1.165, 1.54) is 19.2 Å². The summed E-state index contributed by atoms with van der Waals surface area (Å²) < 4.78 is 34.5. The fourth-order valence-electron chi connectivity index (χ4n) is 2.44. The van der Waals surface area contributed by atoms with E-state index in [0.29, 0.717) is 22.8 Å². The molecule has 0 unspecified atom stereocenters. The quantitative estimate of drug-likeness (QED) is 0.623. The number of methoxy groups -OCH3 is 1. The molecule has 0 fully saturated rings. The Kier molecular flexibility index (Phi) is 5.01. The lowest BCUT2D eigenvalue weighted by Gasteiger charge is -2.05. The highest BCUT2D eigenvalue weighted by molar-refractivity contribution is 5.72. The number of aromatic nitrogens is 2. The van der Waals surface area contributed by atoms with E-state index >= 15 is 0 Å². The van der Waals surface area contributed by atoms with E-state index in [9.17, 15) is 9.18 Å². The van der Waals surface area contributed by atoms with Crippen molar-refractivity contribution in [2.45, 2.75) is 26.9 Å². The number of aryl methyl sites for hydroxylation is 2. The SMILES string of the molecule is COc1ccc(CC(=O)OCc2nnc(-c3cc(C)oc3C)o2)cc1F. The number of esters is 1. The van der Waals surface area contributed by atoms with E-state index in [-0.39, 0.29) is 24.7 Å². The Hall–Kier alpha value is -3.16. The number of hydrogen-bond donors (Lipinski definition) is 0. The summed E-state index contributed by atoms with van der Waals surface area (Å²) in [5.41, 5.74) is 1.17. The van der Waals surface area contributed by atoms with Gasteiger partial charge in [-0.3, -0.25) is 4.79 Å². The molecule has 0 N–H and O–H groups in total. The molecule has 0 atom stereocenters. The zero-order valence-electron chi connectivity index (χ0n) is 14.5. The standard InChI is InChI=1S/C18H17FN2O5/c1-10-6-13(11(2)25-10)18-21-20-16(26-18)9-24-17(22)8-12-4-5-15(23-3)14(19)7-12/h4-7H,8-9H2,1-3H3. The first-order valence-electron chi connectivity index (χ1n) is 7.84.